The molecule has 1 aliphatic rings. The summed E-state index contributed by atoms with van der Waals surface area (Å²) < 4.78 is 18.6. The van der Waals surface area contributed by atoms with Crippen molar-refractivity contribution in [1.82, 2.24) is 14.9 Å². The minimum absolute atomic E-state index is 0.154. The molecule has 1 atom stereocenters. The zero-order valence-corrected chi connectivity index (χ0v) is 18.3. The second-order valence-electron chi connectivity index (χ2n) is 7.89. The van der Waals surface area contributed by atoms with Crippen molar-refractivity contribution in [3.63, 3.8) is 0 Å². The van der Waals surface area contributed by atoms with Gasteiger partial charge < -0.3 is 15.0 Å². The normalized spacial score (nSPS) is 15.7. The van der Waals surface area contributed by atoms with Gasteiger partial charge in [-0.2, -0.15) is 0 Å². The quantitative estimate of drug-likeness (QED) is 0.608. The molecule has 1 saturated heterocycles. The number of carbonyl (C=O) groups excluding carboxylic acids is 2. The van der Waals surface area contributed by atoms with Crippen molar-refractivity contribution < 1.29 is 18.7 Å². The third kappa shape index (κ3) is 5.52. The van der Waals surface area contributed by atoms with Crippen LogP contribution in [0.3, 0.4) is 0 Å². The van der Waals surface area contributed by atoms with Gasteiger partial charge in [0.2, 0.25) is 0 Å². The van der Waals surface area contributed by atoms with Crippen LogP contribution in [0.2, 0.25) is 0 Å². The van der Waals surface area contributed by atoms with Gasteiger partial charge >= 0.3 is 0 Å². The van der Waals surface area contributed by atoms with E-state index in [0.717, 1.165) is 19.3 Å². The van der Waals surface area contributed by atoms with E-state index < -0.39 is 0 Å². The Morgan fingerprint density at radius 2 is 1.88 bits per heavy atom. The maximum atomic E-state index is 13.1. The lowest BCUT2D eigenvalue weighted by atomic mass is 10.0. The summed E-state index contributed by atoms with van der Waals surface area (Å²) in [6.07, 6.45) is 4.08. The van der Waals surface area contributed by atoms with Crippen molar-refractivity contribution in [1.29, 1.82) is 0 Å². The summed E-state index contributed by atoms with van der Waals surface area (Å²) in [5.74, 6) is 0.113. The molecule has 2 heterocycles. The monoisotopic (exact) mass is 448 g/mol. The molecule has 1 unspecified atom stereocenters. The summed E-state index contributed by atoms with van der Waals surface area (Å²) in [6.45, 7) is 2.19. The number of anilines is 1. The number of nitrogens with one attached hydrogen (secondary N) is 1. The van der Waals surface area contributed by atoms with Crippen LogP contribution in [0.4, 0.5) is 10.1 Å². The molecule has 170 valence electrons. The molecule has 1 aromatic heterocycles. The molecule has 0 radical (unpaired) electrons. The third-order valence-electron chi connectivity index (χ3n) is 5.57. The number of piperidine rings is 1. The first-order valence-electron chi connectivity index (χ1n) is 10.9. The summed E-state index contributed by atoms with van der Waals surface area (Å²) in [4.78, 5) is 36.3. The predicted octanol–water partition coefficient (Wildman–Crippen LogP) is 4.31. The van der Waals surface area contributed by atoms with Gasteiger partial charge in [-0.05, 0) is 62.6 Å². The minimum atomic E-state index is -0.363. The van der Waals surface area contributed by atoms with Gasteiger partial charge in [-0.25, -0.2) is 14.4 Å². The summed E-state index contributed by atoms with van der Waals surface area (Å²) in [6, 6.07) is 14.4. The maximum absolute atomic E-state index is 13.1. The van der Waals surface area contributed by atoms with Gasteiger partial charge in [-0.15, -0.1) is 0 Å². The second kappa shape index (κ2) is 10.2. The van der Waals surface area contributed by atoms with Crippen LogP contribution >= 0.6 is 0 Å². The Morgan fingerprint density at radius 3 is 2.61 bits per heavy atom. The fraction of sp³-hybridized carbons (Fsp3) is 0.280. The van der Waals surface area contributed by atoms with E-state index in [1.165, 1.54) is 30.5 Å². The van der Waals surface area contributed by atoms with Crippen LogP contribution < -0.4 is 10.1 Å². The van der Waals surface area contributed by atoms with Crippen LogP contribution in [0, 0.1) is 12.7 Å². The van der Waals surface area contributed by atoms with Gasteiger partial charge in [-0.3, -0.25) is 9.59 Å². The maximum Gasteiger partial charge on any atom is 0.261 e. The van der Waals surface area contributed by atoms with E-state index in [2.05, 4.69) is 15.3 Å². The van der Waals surface area contributed by atoms with E-state index in [1.807, 2.05) is 30.3 Å². The topological polar surface area (TPSA) is 84.4 Å². The molecule has 7 nitrogen and oxygen atoms in total. The predicted molar refractivity (Wildman–Crippen MR) is 121 cm³/mol. The molecular formula is C25H25FN4O3. The number of benzene rings is 2. The van der Waals surface area contributed by atoms with Crippen molar-refractivity contribution in [2.45, 2.75) is 32.2 Å². The molecule has 33 heavy (non-hydrogen) atoms. The van der Waals surface area contributed by atoms with Crippen molar-refractivity contribution >= 4 is 17.5 Å². The lowest BCUT2D eigenvalue weighted by Crippen LogP contribution is -2.41. The highest BCUT2D eigenvalue weighted by atomic mass is 19.1. The van der Waals surface area contributed by atoms with Gasteiger partial charge in [0.05, 0.1) is 17.3 Å². The molecule has 8 heteroatoms. The number of carbonyl (C=O) groups is 2. The molecule has 0 spiro atoms. The number of hydrogen-bond acceptors (Lipinski definition) is 5. The summed E-state index contributed by atoms with van der Waals surface area (Å²) >= 11 is 0. The highest BCUT2D eigenvalue weighted by Gasteiger charge is 2.30. The van der Waals surface area contributed by atoms with Gasteiger partial charge in [0.25, 0.3) is 11.8 Å². The first-order valence-corrected chi connectivity index (χ1v) is 10.9. The van der Waals surface area contributed by atoms with Crippen molar-refractivity contribution in [3.8, 4) is 5.75 Å². The number of likely N-dealkylation sites (tertiary alicyclic amines) is 1. The molecule has 0 aliphatic carbocycles. The Labute approximate surface area is 191 Å². The van der Waals surface area contributed by atoms with E-state index in [0.29, 0.717) is 35.1 Å². The van der Waals surface area contributed by atoms with E-state index in [4.69, 9.17) is 4.74 Å². The molecule has 3 aromatic rings. The molecule has 1 fully saturated rings. The number of ether oxygens (including phenoxy) is 1. The van der Waals surface area contributed by atoms with Crippen LogP contribution in [0.15, 0.2) is 60.8 Å². The third-order valence-corrected chi connectivity index (χ3v) is 5.57. The van der Waals surface area contributed by atoms with E-state index in [1.54, 1.807) is 11.8 Å². The number of nitrogens with zero attached hydrogens (tertiary/aromatic N) is 3. The Bertz CT molecular complexity index is 1120. The molecule has 1 N–H and O–H groups in total. The zero-order chi connectivity index (χ0) is 23.2. The number of amides is 2. The zero-order valence-electron chi connectivity index (χ0n) is 18.3. The Balaban J connectivity index is 1.45. The lowest BCUT2D eigenvalue weighted by molar-refractivity contribution is -0.137. The molecule has 1 aliphatic heterocycles. The first-order chi connectivity index (χ1) is 16.0. The number of rotatable bonds is 6. The molecule has 2 aromatic carbocycles. The van der Waals surface area contributed by atoms with Gasteiger partial charge in [-0.1, -0.05) is 18.2 Å². The fourth-order valence-corrected chi connectivity index (χ4v) is 3.85. The number of aromatic nitrogens is 2. The van der Waals surface area contributed by atoms with Crippen LogP contribution in [0.1, 0.15) is 47.2 Å². The van der Waals surface area contributed by atoms with Gasteiger partial charge in [0, 0.05) is 18.4 Å². The van der Waals surface area contributed by atoms with E-state index >= 15 is 0 Å². The first kappa shape index (κ1) is 22.4. The SMILES string of the molecule is Cc1nc(C2CCCCN2C(=O)COc2ccc(F)cc2)ncc1C(=O)Nc1ccccc1. The highest BCUT2D eigenvalue weighted by Crippen LogP contribution is 2.29. The Hall–Kier alpha value is -3.81. The second-order valence-corrected chi connectivity index (χ2v) is 7.89. The standard InChI is InChI=1S/C25H25FN4O3/c1-17-21(25(32)29-19-7-3-2-4-8-19)15-27-24(28-17)22-9-5-6-14-30(22)23(31)16-33-20-12-10-18(26)11-13-20/h2-4,7-8,10-13,15,22H,5-6,9,14,16H2,1H3,(H,29,32). The largest absolute Gasteiger partial charge is 0.484 e. The van der Waals surface area contributed by atoms with Crippen LogP contribution in [-0.2, 0) is 4.79 Å². The number of hydrogen-bond donors (Lipinski definition) is 1. The number of aryl methyl sites for hydroxylation is 1. The van der Waals surface area contributed by atoms with Gasteiger partial charge in [0.1, 0.15) is 11.6 Å². The Morgan fingerprint density at radius 1 is 1.12 bits per heavy atom. The fourth-order valence-electron chi connectivity index (χ4n) is 3.85. The lowest BCUT2D eigenvalue weighted by Gasteiger charge is -2.34. The van der Waals surface area contributed by atoms with Crippen molar-refractivity contribution in [2.24, 2.45) is 0 Å². The molecule has 0 saturated carbocycles. The van der Waals surface area contributed by atoms with E-state index in [9.17, 15) is 14.0 Å². The highest BCUT2D eigenvalue weighted by molar-refractivity contribution is 6.04. The summed E-state index contributed by atoms with van der Waals surface area (Å²) in [5.41, 5.74) is 1.63. The smallest absolute Gasteiger partial charge is 0.261 e. The number of halogens is 1. The summed E-state index contributed by atoms with van der Waals surface area (Å²) in [7, 11) is 0. The van der Waals surface area contributed by atoms with Crippen LogP contribution in [0.25, 0.3) is 0 Å². The average Bonchev–Trinajstić information content (AvgIpc) is 2.84. The average molecular weight is 448 g/mol. The summed E-state index contributed by atoms with van der Waals surface area (Å²) in [5, 5.41) is 2.84. The van der Waals surface area contributed by atoms with Gasteiger partial charge in [0.15, 0.2) is 12.4 Å². The Kier molecular flexibility index (Phi) is 6.92. The number of para-hydroxylation sites is 1. The molecule has 4 rings (SSSR count). The van der Waals surface area contributed by atoms with Crippen LogP contribution in [0.5, 0.6) is 5.75 Å². The minimum Gasteiger partial charge on any atom is -0.484 e. The molecule has 0 bridgehead atoms. The molecular weight excluding hydrogens is 423 g/mol. The van der Waals surface area contributed by atoms with Crippen molar-refractivity contribution in [3.05, 3.63) is 83.7 Å². The molecule has 2 amide bonds. The van der Waals surface area contributed by atoms with Crippen LogP contribution in [-0.4, -0.2) is 39.8 Å². The van der Waals surface area contributed by atoms with Crippen molar-refractivity contribution in [2.75, 3.05) is 18.5 Å². The van der Waals surface area contributed by atoms with E-state index in [-0.39, 0.29) is 30.3 Å².